The minimum atomic E-state index is -3.45. The van der Waals surface area contributed by atoms with E-state index in [1.54, 1.807) is 12.1 Å². The normalized spacial score (nSPS) is 10.8. The molecule has 0 unspecified atom stereocenters. The van der Waals surface area contributed by atoms with Crippen molar-refractivity contribution in [1.29, 1.82) is 0 Å². The van der Waals surface area contributed by atoms with Gasteiger partial charge in [-0.3, -0.25) is 14.8 Å². The molecule has 1 aromatic carbocycles. The summed E-state index contributed by atoms with van der Waals surface area (Å²) in [6.45, 7) is 3.41. The molecule has 2 rings (SSSR count). The number of aromatic nitrogens is 2. The molecule has 2 N–H and O–H groups in total. The molecule has 0 atom stereocenters. The number of ether oxygens (including phenoxy) is 2. The van der Waals surface area contributed by atoms with E-state index in [0.29, 0.717) is 17.9 Å². The quantitative estimate of drug-likeness (QED) is 0.617. The van der Waals surface area contributed by atoms with Crippen LogP contribution in [0.15, 0.2) is 30.9 Å². The summed E-state index contributed by atoms with van der Waals surface area (Å²) >= 11 is 0.891. The van der Waals surface area contributed by atoms with Gasteiger partial charge in [0.1, 0.15) is 0 Å². The summed E-state index contributed by atoms with van der Waals surface area (Å²) in [5, 5.41) is 9.99. The number of hydrogen-bond acceptors (Lipinski definition) is 8. The maximum atomic E-state index is 12.0. The molecule has 2 aromatic rings. The second kappa shape index (κ2) is 8.63. The number of allylic oxidation sites excluding steroid dienone is 1. The molecule has 9 nitrogen and oxygen atoms in total. The third kappa shape index (κ3) is 6.01. The number of methoxy groups -OCH3 is 1. The summed E-state index contributed by atoms with van der Waals surface area (Å²) in [7, 11) is -1.94. The molecular formula is C15H18N4O5S2. The van der Waals surface area contributed by atoms with Gasteiger partial charge in [-0.2, -0.15) is 0 Å². The van der Waals surface area contributed by atoms with E-state index in [4.69, 9.17) is 9.47 Å². The van der Waals surface area contributed by atoms with Crippen LogP contribution in [-0.2, 0) is 21.2 Å². The maximum absolute atomic E-state index is 12.0. The SMILES string of the molecule is C=CCc1ccc(OCC(=O)Nc2nnc(NS(C)(=O)=O)s2)c(OC)c1. The van der Waals surface area contributed by atoms with Crippen LogP contribution in [0.25, 0.3) is 0 Å². The van der Waals surface area contributed by atoms with Gasteiger partial charge in [-0.05, 0) is 24.1 Å². The van der Waals surface area contributed by atoms with E-state index < -0.39 is 15.9 Å². The Hall–Kier alpha value is -2.66. The fourth-order valence-corrected chi connectivity index (χ4v) is 3.39. The average Bonchev–Trinajstić information content (AvgIpc) is 2.98. The van der Waals surface area contributed by atoms with Gasteiger partial charge in [0, 0.05) is 0 Å². The van der Waals surface area contributed by atoms with Crippen molar-refractivity contribution in [1.82, 2.24) is 10.2 Å². The first-order chi connectivity index (χ1) is 12.3. The molecule has 0 fully saturated rings. The Morgan fingerprint density at radius 1 is 1.31 bits per heavy atom. The van der Waals surface area contributed by atoms with E-state index in [0.717, 1.165) is 23.2 Å². The lowest BCUT2D eigenvalue weighted by Gasteiger charge is -2.11. The van der Waals surface area contributed by atoms with Gasteiger partial charge in [0.05, 0.1) is 13.4 Å². The molecule has 1 aromatic heterocycles. The molecule has 0 aliphatic carbocycles. The van der Waals surface area contributed by atoms with E-state index >= 15 is 0 Å². The molecule has 140 valence electrons. The van der Waals surface area contributed by atoms with E-state index in [-0.39, 0.29) is 16.9 Å². The number of benzene rings is 1. The Balaban J connectivity index is 1.93. The zero-order valence-electron chi connectivity index (χ0n) is 14.2. The minimum Gasteiger partial charge on any atom is -0.493 e. The lowest BCUT2D eigenvalue weighted by molar-refractivity contribution is -0.118. The van der Waals surface area contributed by atoms with Crippen molar-refractivity contribution in [2.45, 2.75) is 6.42 Å². The second-order valence-electron chi connectivity index (χ2n) is 5.10. The predicted octanol–water partition coefficient (Wildman–Crippen LogP) is 1.66. The highest BCUT2D eigenvalue weighted by molar-refractivity contribution is 7.92. The summed E-state index contributed by atoms with van der Waals surface area (Å²) in [4.78, 5) is 12.0. The van der Waals surface area contributed by atoms with Gasteiger partial charge in [0.25, 0.3) is 5.91 Å². The van der Waals surface area contributed by atoms with Gasteiger partial charge in [0.15, 0.2) is 18.1 Å². The summed E-state index contributed by atoms with van der Waals surface area (Å²) in [5.74, 6) is 0.462. The molecule has 0 saturated heterocycles. The van der Waals surface area contributed by atoms with E-state index in [9.17, 15) is 13.2 Å². The molecule has 0 aliphatic heterocycles. The number of rotatable bonds is 9. The van der Waals surface area contributed by atoms with Crippen LogP contribution in [0, 0.1) is 0 Å². The molecule has 0 spiro atoms. The number of carbonyl (C=O) groups is 1. The summed E-state index contributed by atoms with van der Waals surface area (Å²) in [6.07, 6.45) is 3.46. The molecule has 26 heavy (non-hydrogen) atoms. The first-order valence-electron chi connectivity index (χ1n) is 7.32. The van der Waals surface area contributed by atoms with Gasteiger partial charge in [-0.15, -0.1) is 16.8 Å². The first-order valence-corrected chi connectivity index (χ1v) is 10.0. The van der Waals surface area contributed by atoms with E-state index in [1.807, 2.05) is 12.1 Å². The highest BCUT2D eigenvalue weighted by atomic mass is 32.2. The average molecular weight is 398 g/mol. The number of carbonyl (C=O) groups excluding carboxylic acids is 1. The Labute approximate surface area is 155 Å². The largest absolute Gasteiger partial charge is 0.493 e. The van der Waals surface area contributed by atoms with Crippen LogP contribution < -0.4 is 19.5 Å². The van der Waals surface area contributed by atoms with Crippen LogP contribution >= 0.6 is 11.3 Å². The van der Waals surface area contributed by atoms with Crippen molar-refractivity contribution in [2.75, 3.05) is 30.0 Å². The van der Waals surface area contributed by atoms with E-state index in [1.165, 1.54) is 7.11 Å². The number of nitrogens with zero attached hydrogens (tertiary/aromatic N) is 2. The Morgan fingerprint density at radius 3 is 2.69 bits per heavy atom. The highest BCUT2D eigenvalue weighted by Crippen LogP contribution is 2.28. The molecule has 11 heteroatoms. The minimum absolute atomic E-state index is 0.0585. The van der Waals surface area contributed by atoms with Crippen LogP contribution in [0.1, 0.15) is 5.56 Å². The monoisotopic (exact) mass is 398 g/mol. The fraction of sp³-hybridized carbons (Fsp3) is 0.267. The topological polar surface area (TPSA) is 120 Å². The zero-order chi connectivity index (χ0) is 19.2. The van der Waals surface area contributed by atoms with Gasteiger partial charge in [-0.1, -0.05) is 23.5 Å². The number of amides is 1. The number of anilines is 2. The summed E-state index contributed by atoms with van der Waals surface area (Å²) in [6, 6.07) is 5.37. The molecule has 0 aliphatic rings. The second-order valence-corrected chi connectivity index (χ2v) is 7.83. The Bertz CT molecular complexity index is 895. The highest BCUT2D eigenvalue weighted by Gasteiger charge is 2.13. The van der Waals surface area contributed by atoms with Crippen LogP contribution in [0.5, 0.6) is 11.5 Å². The van der Waals surface area contributed by atoms with Gasteiger partial charge >= 0.3 is 0 Å². The van der Waals surface area contributed by atoms with Crippen molar-refractivity contribution >= 4 is 37.5 Å². The lowest BCUT2D eigenvalue weighted by Crippen LogP contribution is -2.20. The molecule has 0 saturated carbocycles. The zero-order valence-corrected chi connectivity index (χ0v) is 15.8. The van der Waals surface area contributed by atoms with Crippen molar-refractivity contribution in [2.24, 2.45) is 0 Å². The number of nitrogens with one attached hydrogen (secondary N) is 2. The van der Waals surface area contributed by atoms with Gasteiger partial charge in [-0.25, -0.2) is 8.42 Å². The lowest BCUT2D eigenvalue weighted by atomic mass is 10.1. The molecule has 0 bridgehead atoms. The van der Waals surface area contributed by atoms with Crippen LogP contribution in [-0.4, -0.2) is 44.5 Å². The Morgan fingerprint density at radius 2 is 2.04 bits per heavy atom. The van der Waals surface area contributed by atoms with Crippen molar-refractivity contribution in [3.8, 4) is 11.5 Å². The van der Waals surface area contributed by atoms with Crippen LogP contribution in [0.4, 0.5) is 10.3 Å². The van der Waals surface area contributed by atoms with Crippen molar-refractivity contribution in [3.05, 3.63) is 36.4 Å². The number of hydrogen-bond donors (Lipinski definition) is 2. The predicted molar refractivity (Wildman–Crippen MR) is 99.4 cm³/mol. The van der Waals surface area contributed by atoms with Crippen molar-refractivity contribution < 1.29 is 22.7 Å². The van der Waals surface area contributed by atoms with Gasteiger partial charge < -0.3 is 9.47 Å². The number of sulfonamides is 1. The first kappa shape index (κ1) is 19.7. The molecule has 0 radical (unpaired) electrons. The molecule has 1 amide bonds. The third-order valence-electron chi connectivity index (χ3n) is 2.91. The van der Waals surface area contributed by atoms with Crippen LogP contribution in [0.3, 0.4) is 0 Å². The summed E-state index contributed by atoms with van der Waals surface area (Å²) < 4.78 is 35.1. The molecular weight excluding hydrogens is 380 g/mol. The smallest absolute Gasteiger partial charge is 0.264 e. The van der Waals surface area contributed by atoms with Gasteiger partial charge in [0.2, 0.25) is 20.3 Å². The van der Waals surface area contributed by atoms with Crippen LogP contribution in [0.2, 0.25) is 0 Å². The summed E-state index contributed by atoms with van der Waals surface area (Å²) in [5.41, 5.74) is 1.01. The van der Waals surface area contributed by atoms with Crippen molar-refractivity contribution in [3.63, 3.8) is 0 Å². The fourth-order valence-electron chi connectivity index (χ4n) is 1.90. The molecule has 1 heterocycles. The third-order valence-corrected chi connectivity index (χ3v) is 4.36. The van der Waals surface area contributed by atoms with E-state index in [2.05, 4.69) is 26.8 Å². The maximum Gasteiger partial charge on any atom is 0.264 e. The Kier molecular flexibility index (Phi) is 6.52. The standard InChI is InChI=1S/C15H18N4O5S2/c1-4-5-10-6-7-11(12(8-10)23-2)24-9-13(20)16-14-17-18-15(25-14)19-26(3,21)22/h4,6-8H,1,5,9H2,2-3H3,(H,18,19)(H,16,17,20).